The molecular formula is C15H14N2O3S. The van der Waals surface area contributed by atoms with Gasteiger partial charge in [-0.25, -0.2) is 9.78 Å². The molecule has 0 saturated carbocycles. The zero-order valence-corrected chi connectivity index (χ0v) is 12.4. The highest BCUT2D eigenvalue weighted by Crippen LogP contribution is 2.17. The summed E-state index contributed by atoms with van der Waals surface area (Å²) in [5, 5.41) is 5.03. The molecule has 5 nitrogen and oxygen atoms in total. The molecule has 0 spiro atoms. The molecule has 1 aromatic carbocycles. The second-order valence-corrected chi connectivity index (χ2v) is 5.07. The third-order valence-corrected chi connectivity index (χ3v) is 3.34. The molecule has 0 bridgehead atoms. The highest BCUT2D eigenvalue weighted by molar-refractivity contribution is 7.14. The number of hydrogen-bond acceptors (Lipinski definition) is 5. The van der Waals surface area contributed by atoms with E-state index in [-0.39, 0.29) is 11.9 Å². The van der Waals surface area contributed by atoms with Crippen molar-refractivity contribution >= 4 is 40.5 Å². The van der Waals surface area contributed by atoms with Crippen molar-refractivity contribution in [3.05, 3.63) is 46.5 Å². The monoisotopic (exact) mass is 302 g/mol. The number of benzene rings is 1. The summed E-state index contributed by atoms with van der Waals surface area (Å²) in [5.41, 5.74) is 2.11. The van der Waals surface area contributed by atoms with Gasteiger partial charge in [-0.2, -0.15) is 0 Å². The van der Waals surface area contributed by atoms with Crippen LogP contribution in [0.1, 0.15) is 28.5 Å². The van der Waals surface area contributed by atoms with Crippen molar-refractivity contribution in [3.8, 4) is 0 Å². The Kier molecular flexibility index (Phi) is 4.84. The van der Waals surface area contributed by atoms with Gasteiger partial charge in [-0.05, 0) is 23.8 Å². The number of ether oxygens (including phenoxy) is 1. The van der Waals surface area contributed by atoms with Gasteiger partial charge in [0, 0.05) is 12.3 Å². The van der Waals surface area contributed by atoms with E-state index in [1.54, 1.807) is 18.2 Å². The Bertz CT molecular complexity index is 692. The smallest absolute Gasteiger partial charge is 0.337 e. The van der Waals surface area contributed by atoms with E-state index >= 15 is 0 Å². The number of carbonyl (C=O) groups excluding carboxylic acids is 2. The Balaban J connectivity index is 2.12. The maximum atomic E-state index is 11.4. The van der Waals surface area contributed by atoms with Crippen LogP contribution in [0.2, 0.25) is 0 Å². The number of nitrogens with one attached hydrogen (secondary N) is 1. The number of esters is 1. The molecule has 6 heteroatoms. The summed E-state index contributed by atoms with van der Waals surface area (Å²) < 4.78 is 4.68. The highest BCUT2D eigenvalue weighted by Gasteiger charge is 2.04. The standard InChI is InChI=1S/C15H14N2O3S/c1-10(18)16-15-17-13(9-21-15)7-6-11-4-3-5-12(8-11)14(19)20-2/h3-9H,1-2H3,(H,16,17,18)/b7-6+. The second kappa shape index (κ2) is 6.81. The Morgan fingerprint density at radius 3 is 2.86 bits per heavy atom. The predicted molar refractivity (Wildman–Crippen MR) is 83.1 cm³/mol. The van der Waals surface area contributed by atoms with E-state index in [9.17, 15) is 9.59 Å². The van der Waals surface area contributed by atoms with Crippen molar-refractivity contribution in [2.24, 2.45) is 0 Å². The number of thiazole rings is 1. The van der Waals surface area contributed by atoms with Gasteiger partial charge in [-0.15, -0.1) is 11.3 Å². The van der Waals surface area contributed by atoms with Crippen molar-refractivity contribution in [2.45, 2.75) is 6.92 Å². The van der Waals surface area contributed by atoms with Crippen molar-refractivity contribution in [2.75, 3.05) is 12.4 Å². The van der Waals surface area contributed by atoms with Crippen molar-refractivity contribution in [3.63, 3.8) is 0 Å². The number of aromatic nitrogens is 1. The Morgan fingerprint density at radius 1 is 1.33 bits per heavy atom. The van der Waals surface area contributed by atoms with Crippen LogP contribution in [0.15, 0.2) is 29.6 Å². The number of nitrogens with zero attached hydrogens (tertiary/aromatic N) is 1. The summed E-state index contributed by atoms with van der Waals surface area (Å²) in [4.78, 5) is 26.6. The molecule has 0 atom stereocenters. The fourth-order valence-corrected chi connectivity index (χ4v) is 2.36. The minimum Gasteiger partial charge on any atom is -0.465 e. The first-order chi connectivity index (χ1) is 10.1. The minimum absolute atomic E-state index is 0.148. The van der Waals surface area contributed by atoms with Crippen LogP contribution in [0.3, 0.4) is 0 Å². The number of rotatable bonds is 4. The number of amides is 1. The maximum Gasteiger partial charge on any atom is 0.337 e. The largest absolute Gasteiger partial charge is 0.465 e. The lowest BCUT2D eigenvalue weighted by molar-refractivity contribution is -0.114. The normalized spacial score (nSPS) is 10.6. The van der Waals surface area contributed by atoms with E-state index < -0.39 is 0 Å². The Morgan fingerprint density at radius 2 is 2.14 bits per heavy atom. The van der Waals surface area contributed by atoms with Gasteiger partial charge in [0.1, 0.15) is 0 Å². The second-order valence-electron chi connectivity index (χ2n) is 4.21. The highest BCUT2D eigenvalue weighted by atomic mass is 32.1. The summed E-state index contributed by atoms with van der Waals surface area (Å²) in [7, 11) is 1.35. The summed E-state index contributed by atoms with van der Waals surface area (Å²) in [5.74, 6) is -0.516. The molecule has 108 valence electrons. The molecule has 0 aliphatic rings. The molecule has 21 heavy (non-hydrogen) atoms. The van der Waals surface area contributed by atoms with Crippen LogP contribution in [0.4, 0.5) is 5.13 Å². The number of carbonyl (C=O) groups is 2. The fraction of sp³-hybridized carbons (Fsp3) is 0.133. The first kappa shape index (κ1) is 14.9. The molecule has 1 aromatic heterocycles. The summed E-state index contributed by atoms with van der Waals surface area (Å²) in [6.45, 7) is 1.44. The predicted octanol–water partition coefficient (Wildman–Crippen LogP) is 3.06. The molecule has 1 N–H and O–H groups in total. The van der Waals surface area contributed by atoms with E-state index in [4.69, 9.17) is 0 Å². The van der Waals surface area contributed by atoms with Crippen molar-refractivity contribution in [1.82, 2.24) is 4.98 Å². The minimum atomic E-state index is -0.369. The van der Waals surface area contributed by atoms with E-state index in [0.29, 0.717) is 10.7 Å². The quantitative estimate of drug-likeness (QED) is 0.881. The lowest BCUT2D eigenvalue weighted by Gasteiger charge is -1.99. The summed E-state index contributed by atoms with van der Waals surface area (Å²) >= 11 is 1.36. The zero-order chi connectivity index (χ0) is 15.2. The van der Waals surface area contributed by atoms with E-state index in [1.807, 2.05) is 23.6 Å². The van der Waals surface area contributed by atoms with Crippen molar-refractivity contribution < 1.29 is 14.3 Å². The van der Waals surface area contributed by atoms with Gasteiger partial charge in [0.15, 0.2) is 5.13 Å². The molecule has 2 aromatic rings. The molecule has 2 rings (SSSR count). The van der Waals surface area contributed by atoms with Gasteiger partial charge in [-0.1, -0.05) is 18.2 Å². The average molecular weight is 302 g/mol. The van der Waals surface area contributed by atoms with Crippen LogP contribution >= 0.6 is 11.3 Å². The topological polar surface area (TPSA) is 68.3 Å². The number of hydrogen-bond donors (Lipinski definition) is 1. The van der Waals surface area contributed by atoms with Gasteiger partial charge >= 0.3 is 5.97 Å². The van der Waals surface area contributed by atoms with Gasteiger partial charge in [0.2, 0.25) is 5.91 Å². The lowest BCUT2D eigenvalue weighted by atomic mass is 10.1. The SMILES string of the molecule is COC(=O)c1cccc(/C=C/c2csc(NC(C)=O)n2)c1. The molecule has 0 saturated heterocycles. The van der Waals surface area contributed by atoms with E-state index in [0.717, 1.165) is 11.3 Å². The molecule has 0 radical (unpaired) electrons. The van der Waals surface area contributed by atoms with Crippen LogP contribution in [0, 0.1) is 0 Å². The van der Waals surface area contributed by atoms with Crippen LogP contribution in [0.25, 0.3) is 12.2 Å². The van der Waals surface area contributed by atoms with Gasteiger partial charge < -0.3 is 10.1 Å². The Labute approximate surface area is 126 Å². The third-order valence-electron chi connectivity index (χ3n) is 2.56. The number of anilines is 1. The molecule has 1 heterocycles. The molecule has 0 fully saturated rings. The maximum absolute atomic E-state index is 11.4. The van der Waals surface area contributed by atoms with Gasteiger partial charge in [-0.3, -0.25) is 4.79 Å². The Hall–Kier alpha value is -2.47. The first-order valence-electron chi connectivity index (χ1n) is 6.18. The molecule has 0 unspecified atom stereocenters. The van der Waals surface area contributed by atoms with Gasteiger partial charge in [0.25, 0.3) is 0 Å². The first-order valence-corrected chi connectivity index (χ1v) is 7.06. The van der Waals surface area contributed by atoms with E-state index in [2.05, 4.69) is 15.0 Å². The lowest BCUT2D eigenvalue weighted by Crippen LogP contribution is -2.04. The summed E-state index contributed by atoms with van der Waals surface area (Å²) in [6.07, 6.45) is 3.66. The molecule has 1 amide bonds. The zero-order valence-electron chi connectivity index (χ0n) is 11.6. The van der Waals surface area contributed by atoms with Crippen LogP contribution in [0.5, 0.6) is 0 Å². The van der Waals surface area contributed by atoms with Crippen LogP contribution < -0.4 is 5.32 Å². The van der Waals surface area contributed by atoms with Crippen LogP contribution in [-0.2, 0) is 9.53 Å². The average Bonchev–Trinajstić information content (AvgIpc) is 2.91. The molecule has 0 aliphatic heterocycles. The summed E-state index contributed by atoms with van der Waals surface area (Å²) in [6, 6.07) is 7.10. The van der Waals surface area contributed by atoms with Gasteiger partial charge in [0.05, 0.1) is 18.4 Å². The van der Waals surface area contributed by atoms with Crippen molar-refractivity contribution in [1.29, 1.82) is 0 Å². The third kappa shape index (κ3) is 4.25. The van der Waals surface area contributed by atoms with Crippen LogP contribution in [-0.4, -0.2) is 24.0 Å². The van der Waals surface area contributed by atoms with E-state index in [1.165, 1.54) is 25.4 Å². The molecule has 0 aliphatic carbocycles. The molecular weight excluding hydrogens is 288 g/mol. The number of methoxy groups -OCH3 is 1. The fourth-order valence-electron chi connectivity index (χ4n) is 1.64.